The van der Waals surface area contributed by atoms with Crippen molar-refractivity contribution < 1.29 is 31.9 Å². The van der Waals surface area contributed by atoms with E-state index in [-0.39, 0.29) is 28.3 Å². The molecule has 1 aliphatic heterocycles. The first-order valence-electron chi connectivity index (χ1n) is 13.8. The number of sulfonamides is 1. The topological polar surface area (TPSA) is 153 Å². The van der Waals surface area contributed by atoms with Crippen LogP contribution in [0.5, 0.6) is 17.2 Å². The Morgan fingerprint density at radius 1 is 1.05 bits per heavy atom. The Balaban J connectivity index is 1.30. The van der Waals surface area contributed by atoms with Gasteiger partial charge >= 0.3 is 0 Å². The van der Waals surface area contributed by atoms with Crippen molar-refractivity contribution in [2.75, 3.05) is 57.6 Å². The number of nitrogens with one attached hydrogen (secondary N) is 3. The van der Waals surface area contributed by atoms with Crippen molar-refractivity contribution in [1.29, 1.82) is 0 Å². The molecule has 0 radical (unpaired) electrons. The summed E-state index contributed by atoms with van der Waals surface area (Å²) in [5, 5.41) is 15.0. The van der Waals surface area contributed by atoms with Crippen LogP contribution < -0.4 is 24.2 Å². The van der Waals surface area contributed by atoms with Crippen LogP contribution in [0.3, 0.4) is 0 Å². The third kappa shape index (κ3) is 5.44. The van der Waals surface area contributed by atoms with Gasteiger partial charge in [0.2, 0.25) is 0 Å². The smallest absolute Gasteiger partial charge is 0.270 e. The zero-order chi connectivity index (χ0) is 29.4. The Kier molecular flexibility index (Phi) is 7.60. The van der Waals surface area contributed by atoms with E-state index in [1.807, 2.05) is 6.07 Å². The molecule has 1 aliphatic carbocycles. The second-order valence-corrected chi connectivity index (χ2v) is 11.9. The molecule has 3 N–H and O–H groups in total. The van der Waals surface area contributed by atoms with Gasteiger partial charge < -0.3 is 28.8 Å². The SMILES string of the molecule is CCN1CCO[C@@H](c2cc(OC)c(S(=O)(=O)Nc3noc4cc(Nc5cc(C6CC6)[nH]n5)c(OC)cc34)c(OC)c2)C1. The summed E-state index contributed by atoms with van der Waals surface area (Å²) in [5.74, 6) is 1.86. The van der Waals surface area contributed by atoms with Gasteiger partial charge in [-0.1, -0.05) is 12.1 Å². The minimum Gasteiger partial charge on any atom is -0.495 e. The molecule has 3 heterocycles. The van der Waals surface area contributed by atoms with E-state index in [0.717, 1.165) is 37.2 Å². The van der Waals surface area contributed by atoms with Crippen molar-refractivity contribution in [2.45, 2.75) is 36.7 Å². The van der Waals surface area contributed by atoms with E-state index in [2.05, 4.69) is 37.2 Å². The quantitative estimate of drug-likeness (QED) is 0.225. The maximum atomic E-state index is 13.8. The molecular formula is C28H34N6O7S. The van der Waals surface area contributed by atoms with Crippen LogP contribution in [-0.2, 0) is 14.8 Å². The fourth-order valence-corrected chi connectivity index (χ4v) is 6.49. The molecule has 2 aromatic heterocycles. The minimum atomic E-state index is -4.25. The summed E-state index contributed by atoms with van der Waals surface area (Å²) in [6.45, 7) is 5.08. The first-order valence-corrected chi connectivity index (χ1v) is 15.2. The highest BCUT2D eigenvalue weighted by atomic mass is 32.2. The maximum absolute atomic E-state index is 13.8. The number of morpholine rings is 1. The largest absolute Gasteiger partial charge is 0.495 e. The molecule has 2 aromatic carbocycles. The highest BCUT2D eigenvalue weighted by Crippen LogP contribution is 2.42. The fraction of sp³-hybridized carbons (Fsp3) is 0.429. The Labute approximate surface area is 243 Å². The van der Waals surface area contributed by atoms with Crippen molar-refractivity contribution in [3.8, 4) is 17.2 Å². The number of methoxy groups -OCH3 is 3. The summed E-state index contributed by atoms with van der Waals surface area (Å²) in [6, 6.07) is 8.65. The average Bonchev–Trinajstić information content (AvgIpc) is 3.64. The molecule has 224 valence electrons. The Bertz CT molecular complexity index is 1670. The molecule has 13 nitrogen and oxygen atoms in total. The van der Waals surface area contributed by atoms with Crippen LogP contribution in [0.25, 0.3) is 11.0 Å². The zero-order valence-corrected chi connectivity index (χ0v) is 24.7. The molecular weight excluding hydrogens is 564 g/mol. The first kappa shape index (κ1) is 28.1. The Hall–Kier alpha value is -4.01. The minimum absolute atomic E-state index is 0.00646. The molecule has 0 unspecified atom stereocenters. The number of aromatic nitrogens is 3. The number of H-pyrrole nitrogens is 1. The molecule has 6 rings (SSSR count). The van der Waals surface area contributed by atoms with Gasteiger partial charge in [-0.15, -0.1) is 0 Å². The van der Waals surface area contributed by atoms with Crippen LogP contribution in [0.2, 0.25) is 0 Å². The molecule has 1 saturated heterocycles. The third-order valence-electron chi connectivity index (χ3n) is 7.62. The third-order valence-corrected chi connectivity index (χ3v) is 9.02. The summed E-state index contributed by atoms with van der Waals surface area (Å²) < 4.78 is 58.2. The number of ether oxygens (including phenoxy) is 4. The van der Waals surface area contributed by atoms with E-state index in [4.69, 9.17) is 23.5 Å². The highest BCUT2D eigenvalue weighted by molar-refractivity contribution is 7.93. The second-order valence-electron chi connectivity index (χ2n) is 10.3. The van der Waals surface area contributed by atoms with E-state index in [1.165, 1.54) is 21.3 Å². The molecule has 14 heteroatoms. The van der Waals surface area contributed by atoms with Crippen LogP contribution in [0.15, 0.2) is 39.8 Å². The molecule has 2 aliphatic rings. The van der Waals surface area contributed by atoms with Gasteiger partial charge in [-0.25, -0.2) is 8.42 Å². The van der Waals surface area contributed by atoms with E-state index < -0.39 is 10.0 Å². The summed E-state index contributed by atoms with van der Waals surface area (Å²) >= 11 is 0. The predicted molar refractivity (Wildman–Crippen MR) is 156 cm³/mol. The summed E-state index contributed by atoms with van der Waals surface area (Å²) in [4.78, 5) is 2.11. The van der Waals surface area contributed by atoms with E-state index in [0.29, 0.717) is 47.3 Å². The monoisotopic (exact) mass is 598 g/mol. The first-order chi connectivity index (χ1) is 20.3. The average molecular weight is 599 g/mol. The zero-order valence-electron chi connectivity index (χ0n) is 23.9. The van der Waals surface area contributed by atoms with Crippen molar-refractivity contribution >= 4 is 38.3 Å². The van der Waals surface area contributed by atoms with Gasteiger partial charge in [0.1, 0.15) is 17.2 Å². The number of benzene rings is 2. The molecule has 1 saturated carbocycles. The highest BCUT2D eigenvalue weighted by Gasteiger charge is 2.31. The maximum Gasteiger partial charge on any atom is 0.270 e. The van der Waals surface area contributed by atoms with Crippen molar-refractivity contribution in [3.63, 3.8) is 0 Å². The molecule has 0 spiro atoms. The normalized spacial score (nSPS) is 17.8. The standard InChI is InChI=1S/C28H34N6O7S/c1-5-34-8-9-40-25(15-34)17-10-23(38-3)27(24(11-17)39-4)42(35,36)33-28-18-12-22(37-2)20(13-21(18)41-32-28)29-26-14-19(30-31-26)16-6-7-16/h10-14,16,25H,5-9,15H2,1-4H3,(H,32,33)(H2,29,30,31)/t25-/m1/s1. The summed E-state index contributed by atoms with van der Waals surface area (Å²) in [5.41, 5.74) is 2.79. The fourth-order valence-electron chi connectivity index (χ4n) is 5.17. The lowest BCUT2D eigenvalue weighted by atomic mass is 10.1. The van der Waals surface area contributed by atoms with Gasteiger partial charge in [0.05, 0.1) is 45.1 Å². The summed E-state index contributed by atoms with van der Waals surface area (Å²) in [7, 11) is 0.104. The summed E-state index contributed by atoms with van der Waals surface area (Å²) in [6.07, 6.45) is 2.06. The number of hydrogen-bond acceptors (Lipinski definition) is 11. The Morgan fingerprint density at radius 3 is 2.45 bits per heavy atom. The van der Waals surface area contributed by atoms with Crippen LogP contribution in [0, 0.1) is 0 Å². The number of hydrogen-bond donors (Lipinski definition) is 3. The number of fused-ring (bicyclic) bond motifs is 1. The van der Waals surface area contributed by atoms with E-state index in [1.54, 1.807) is 24.3 Å². The van der Waals surface area contributed by atoms with Crippen molar-refractivity contribution in [2.24, 2.45) is 0 Å². The van der Waals surface area contributed by atoms with Crippen LogP contribution >= 0.6 is 0 Å². The number of anilines is 3. The van der Waals surface area contributed by atoms with Gasteiger partial charge in [0.25, 0.3) is 10.0 Å². The van der Waals surface area contributed by atoms with Gasteiger partial charge in [-0.3, -0.25) is 14.7 Å². The van der Waals surface area contributed by atoms with Crippen LogP contribution in [0.1, 0.15) is 43.0 Å². The molecule has 42 heavy (non-hydrogen) atoms. The van der Waals surface area contributed by atoms with Gasteiger partial charge in [0.15, 0.2) is 22.1 Å². The predicted octanol–water partition coefficient (Wildman–Crippen LogP) is 4.39. The van der Waals surface area contributed by atoms with Crippen molar-refractivity contribution in [1.82, 2.24) is 20.3 Å². The number of rotatable bonds is 11. The van der Waals surface area contributed by atoms with Crippen LogP contribution in [0.4, 0.5) is 17.3 Å². The number of nitrogens with zero attached hydrogens (tertiary/aromatic N) is 3. The van der Waals surface area contributed by atoms with Gasteiger partial charge in [-0.05, 0) is 43.1 Å². The molecule has 0 amide bonds. The lowest BCUT2D eigenvalue weighted by Crippen LogP contribution is -2.38. The van der Waals surface area contributed by atoms with E-state index in [9.17, 15) is 8.42 Å². The number of aromatic amines is 1. The molecule has 4 aromatic rings. The molecule has 0 bridgehead atoms. The van der Waals surface area contributed by atoms with Crippen molar-refractivity contribution in [3.05, 3.63) is 41.6 Å². The van der Waals surface area contributed by atoms with Gasteiger partial charge in [-0.2, -0.15) is 5.10 Å². The second kappa shape index (κ2) is 11.3. The van der Waals surface area contributed by atoms with Gasteiger partial charge in [0, 0.05) is 36.8 Å². The number of likely N-dealkylation sites (N-methyl/N-ethyl adjacent to an activating group) is 1. The van der Waals surface area contributed by atoms with Crippen LogP contribution in [-0.4, -0.2) is 76.2 Å². The van der Waals surface area contributed by atoms with E-state index >= 15 is 0 Å². The lowest BCUT2D eigenvalue weighted by Gasteiger charge is -2.32. The molecule has 2 fully saturated rings. The molecule has 1 atom stereocenters. The Morgan fingerprint density at radius 2 is 1.79 bits per heavy atom. The lowest BCUT2D eigenvalue weighted by molar-refractivity contribution is -0.0283.